The predicted molar refractivity (Wildman–Crippen MR) is 103 cm³/mol. The number of aliphatic hydroxyl groups excluding tert-OH is 1. The van der Waals surface area contributed by atoms with Crippen molar-refractivity contribution >= 4 is 5.97 Å². The van der Waals surface area contributed by atoms with Crippen molar-refractivity contribution in [2.45, 2.75) is 57.6 Å². The number of carbonyl (C=O) groups is 1. The summed E-state index contributed by atoms with van der Waals surface area (Å²) in [6, 6.07) is 0. The van der Waals surface area contributed by atoms with Gasteiger partial charge in [-0.25, -0.2) is 0 Å². The highest BCUT2D eigenvalue weighted by Gasteiger charge is 2.81. The van der Waals surface area contributed by atoms with Gasteiger partial charge >= 0.3 is 5.97 Å². The molecule has 8 atom stereocenters. The third-order valence-electron chi connectivity index (χ3n) is 10.4. The molecule has 0 unspecified atom stereocenters. The van der Waals surface area contributed by atoms with Crippen LogP contribution in [-0.4, -0.2) is 53.6 Å². The van der Waals surface area contributed by atoms with Crippen LogP contribution < -0.4 is 0 Å². The molecule has 5 heteroatoms. The van der Waals surface area contributed by atoms with Gasteiger partial charge < -0.3 is 14.9 Å². The lowest BCUT2D eigenvalue weighted by atomic mass is 9.42. The van der Waals surface area contributed by atoms with Gasteiger partial charge in [-0.1, -0.05) is 18.1 Å². The summed E-state index contributed by atoms with van der Waals surface area (Å²) in [5, 5.41) is 23.6. The van der Waals surface area contributed by atoms with Gasteiger partial charge in [-0.05, 0) is 62.7 Å². The van der Waals surface area contributed by atoms with E-state index in [0.717, 1.165) is 51.6 Å². The minimum absolute atomic E-state index is 0.117. The quantitative estimate of drug-likeness (QED) is 0.562. The van der Waals surface area contributed by atoms with E-state index in [1.54, 1.807) is 0 Å². The van der Waals surface area contributed by atoms with E-state index < -0.39 is 11.1 Å². The van der Waals surface area contributed by atoms with Crippen LogP contribution in [-0.2, 0) is 9.53 Å². The molecule has 4 aliphatic carbocycles. The van der Waals surface area contributed by atoms with E-state index in [9.17, 15) is 15.0 Å². The van der Waals surface area contributed by atoms with Crippen LogP contribution in [0.1, 0.15) is 51.9 Å². The van der Waals surface area contributed by atoms with Gasteiger partial charge in [-0.2, -0.15) is 0 Å². The number of nitrogens with zero attached hydrogens (tertiary/aromatic N) is 1. The number of hydrogen-bond donors (Lipinski definition) is 2. The summed E-state index contributed by atoms with van der Waals surface area (Å²) in [6.45, 7) is 4.26. The van der Waals surface area contributed by atoms with Gasteiger partial charge in [0.15, 0.2) is 0 Å². The lowest BCUT2D eigenvalue weighted by Gasteiger charge is -2.69. The molecule has 154 valence electrons. The van der Waals surface area contributed by atoms with Gasteiger partial charge in [0.25, 0.3) is 0 Å². The maximum absolute atomic E-state index is 12.8. The topological polar surface area (TPSA) is 70.0 Å². The largest absolute Gasteiger partial charge is 0.469 e. The smallest absolute Gasteiger partial charge is 0.309 e. The molecule has 4 bridgehead atoms. The molecule has 5 nitrogen and oxygen atoms in total. The second-order valence-corrected chi connectivity index (χ2v) is 10.7. The number of rotatable bonds is 2. The molecule has 6 aliphatic rings. The number of esters is 1. The first-order valence-corrected chi connectivity index (χ1v) is 11.3. The fourth-order valence-electron chi connectivity index (χ4n) is 9.53. The number of ether oxygens (including phenoxy) is 1. The number of aliphatic hydroxyl groups is 2. The van der Waals surface area contributed by atoms with Crippen LogP contribution in [0.3, 0.4) is 0 Å². The van der Waals surface area contributed by atoms with Crippen LogP contribution in [0.4, 0.5) is 0 Å². The molecule has 28 heavy (non-hydrogen) atoms. The first-order chi connectivity index (χ1) is 13.4. The summed E-state index contributed by atoms with van der Waals surface area (Å²) in [4.78, 5) is 15.2. The molecular formula is C23H33NO4. The molecule has 2 aliphatic heterocycles. The monoisotopic (exact) mass is 387 g/mol. The molecule has 0 aromatic rings. The van der Waals surface area contributed by atoms with E-state index >= 15 is 0 Å². The lowest BCUT2D eigenvalue weighted by molar-refractivity contribution is -0.305. The Hall–Kier alpha value is -0.910. The zero-order valence-electron chi connectivity index (χ0n) is 17.1. The molecule has 2 saturated carbocycles. The van der Waals surface area contributed by atoms with Gasteiger partial charge in [0.1, 0.15) is 5.72 Å². The molecule has 0 aromatic carbocycles. The van der Waals surface area contributed by atoms with Crippen LogP contribution in [0.15, 0.2) is 11.1 Å². The van der Waals surface area contributed by atoms with Crippen molar-refractivity contribution < 1.29 is 19.7 Å². The van der Waals surface area contributed by atoms with Crippen molar-refractivity contribution in [3.05, 3.63) is 11.1 Å². The Labute approximate surface area is 167 Å². The van der Waals surface area contributed by atoms with Gasteiger partial charge in [0.2, 0.25) is 0 Å². The van der Waals surface area contributed by atoms with E-state index in [1.807, 2.05) is 0 Å². The van der Waals surface area contributed by atoms with Crippen molar-refractivity contribution in [1.82, 2.24) is 4.90 Å². The van der Waals surface area contributed by atoms with Crippen molar-refractivity contribution in [3.8, 4) is 0 Å². The number of carbonyl (C=O) groups excluding carboxylic acids is 1. The Kier molecular flexibility index (Phi) is 3.46. The summed E-state index contributed by atoms with van der Waals surface area (Å²) < 4.78 is 5.25. The Morgan fingerprint density at radius 1 is 1.25 bits per heavy atom. The molecule has 4 fully saturated rings. The SMILES string of the molecule is COC(=O)[C@@H]1C[C@@]23C4=C(CC[C@@H]5CN6C[C@@H](C)[C@@H](CC[C@@]52CO)[C@]63O)CC[C@@H]41. The number of hydrogen-bond acceptors (Lipinski definition) is 5. The van der Waals surface area contributed by atoms with E-state index in [0.29, 0.717) is 18.3 Å². The maximum atomic E-state index is 12.8. The minimum atomic E-state index is -0.916. The van der Waals surface area contributed by atoms with Gasteiger partial charge in [0, 0.05) is 29.8 Å². The molecule has 0 aromatic heterocycles. The van der Waals surface area contributed by atoms with Crippen molar-refractivity contribution in [2.24, 2.45) is 40.4 Å². The van der Waals surface area contributed by atoms with Gasteiger partial charge in [-0.3, -0.25) is 9.69 Å². The normalized spacial score (nSPS) is 53.9. The highest BCUT2D eigenvalue weighted by atomic mass is 16.5. The molecule has 1 spiro atoms. The average Bonchev–Trinajstić information content (AvgIpc) is 3.31. The van der Waals surface area contributed by atoms with E-state index in [1.165, 1.54) is 18.3 Å². The summed E-state index contributed by atoms with van der Waals surface area (Å²) in [5.74, 6) is 1.00. The molecule has 2 N–H and O–H groups in total. The van der Waals surface area contributed by atoms with Crippen molar-refractivity contribution in [2.75, 3.05) is 26.8 Å². The Morgan fingerprint density at radius 2 is 2.04 bits per heavy atom. The van der Waals surface area contributed by atoms with Gasteiger partial charge in [-0.15, -0.1) is 0 Å². The van der Waals surface area contributed by atoms with Crippen LogP contribution >= 0.6 is 0 Å². The molecule has 0 amide bonds. The summed E-state index contributed by atoms with van der Waals surface area (Å²) in [7, 11) is 1.49. The second-order valence-electron chi connectivity index (χ2n) is 10.7. The first-order valence-electron chi connectivity index (χ1n) is 11.3. The van der Waals surface area contributed by atoms with Crippen LogP contribution in [0.5, 0.6) is 0 Å². The second kappa shape index (κ2) is 5.41. The Morgan fingerprint density at radius 3 is 2.79 bits per heavy atom. The summed E-state index contributed by atoms with van der Waals surface area (Å²) in [6.07, 6.45) is 6.89. The standard InChI is InChI=1S/C23H33NO4/c1-13-10-24-11-15-5-3-14-4-6-16-17(20(26)28-2)9-22(19(14)16)21(15,12-25)8-7-18(13)23(22,24)27/h13,15-18,25,27H,3-12H2,1-2H3/t13-,15-,16-,17-,18-,21-,22-,23-/m1/s1. The Balaban J connectivity index is 1.66. The maximum Gasteiger partial charge on any atom is 0.309 e. The highest BCUT2D eigenvalue weighted by molar-refractivity contribution is 5.75. The minimum Gasteiger partial charge on any atom is -0.469 e. The number of methoxy groups -OCH3 is 1. The fraction of sp³-hybridized carbons (Fsp3) is 0.870. The predicted octanol–water partition coefficient (Wildman–Crippen LogP) is 2.32. The highest BCUT2D eigenvalue weighted by Crippen LogP contribution is 2.79. The summed E-state index contributed by atoms with van der Waals surface area (Å²) >= 11 is 0. The fourth-order valence-corrected chi connectivity index (χ4v) is 9.53. The third-order valence-corrected chi connectivity index (χ3v) is 10.4. The van der Waals surface area contributed by atoms with Crippen molar-refractivity contribution in [3.63, 3.8) is 0 Å². The zero-order valence-corrected chi connectivity index (χ0v) is 17.1. The Bertz CT molecular complexity index is 779. The molecule has 2 saturated heterocycles. The summed E-state index contributed by atoms with van der Waals surface area (Å²) in [5.41, 5.74) is 1.22. The molecule has 2 heterocycles. The average molecular weight is 388 g/mol. The molecule has 0 radical (unpaired) electrons. The third kappa shape index (κ3) is 1.61. The molecule has 6 rings (SSSR count). The van der Waals surface area contributed by atoms with Crippen LogP contribution in [0.2, 0.25) is 0 Å². The number of piperidine rings is 1. The van der Waals surface area contributed by atoms with Crippen molar-refractivity contribution in [1.29, 1.82) is 0 Å². The van der Waals surface area contributed by atoms with Crippen LogP contribution in [0, 0.1) is 40.4 Å². The zero-order chi connectivity index (χ0) is 19.5. The number of allylic oxidation sites excluding steroid dienone is 1. The van der Waals surface area contributed by atoms with E-state index in [4.69, 9.17) is 4.74 Å². The molecular weight excluding hydrogens is 354 g/mol. The van der Waals surface area contributed by atoms with E-state index in [-0.39, 0.29) is 35.7 Å². The van der Waals surface area contributed by atoms with E-state index in [2.05, 4.69) is 11.8 Å². The van der Waals surface area contributed by atoms with Crippen LogP contribution in [0.25, 0.3) is 0 Å². The first kappa shape index (κ1) is 17.9. The van der Waals surface area contributed by atoms with Gasteiger partial charge in [0.05, 0.1) is 19.6 Å². The lowest BCUT2D eigenvalue weighted by Crippen LogP contribution is -2.75.